The maximum Gasteiger partial charge on any atom is 0.416 e. The van der Waals surface area contributed by atoms with Gasteiger partial charge in [-0.25, -0.2) is 0 Å². The molecule has 0 unspecified atom stereocenters. The molecular formula is C19H28F3N3O2. The van der Waals surface area contributed by atoms with Gasteiger partial charge in [-0.1, -0.05) is 11.6 Å². The first kappa shape index (κ1) is 21.3. The van der Waals surface area contributed by atoms with Crippen LogP contribution in [0.2, 0.25) is 0 Å². The molecule has 8 heteroatoms. The van der Waals surface area contributed by atoms with Crippen LogP contribution in [0, 0.1) is 12.1 Å². The van der Waals surface area contributed by atoms with Gasteiger partial charge in [0.25, 0.3) is 0 Å². The number of hydrogen-bond donors (Lipinski definition) is 0. The van der Waals surface area contributed by atoms with Crippen LogP contribution in [0.5, 0.6) is 0 Å². The molecule has 1 aliphatic carbocycles. The standard InChI is InChI=1S/C19H28F3N3O2/c1-13-10-15(12-16(11-13)19(20,21)22)14-6-8-17(9-7-14)27-23-25(26)24(5)18(2,3)4/h10-12,14,17H,6-9H2,1-5H3/b25-23-. The van der Waals surface area contributed by atoms with E-state index in [4.69, 9.17) is 4.84 Å². The third-order valence-corrected chi connectivity index (χ3v) is 5.07. The van der Waals surface area contributed by atoms with Crippen LogP contribution in [-0.4, -0.2) is 28.7 Å². The average molecular weight is 387 g/mol. The van der Waals surface area contributed by atoms with E-state index in [1.54, 1.807) is 14.0 Å². The van der Waals surface area contributed by atoms with Gasteiger partial charge in [-0.05, 0) is 77.0 Å². The maximum absolute atomic E-state index is 13.0. The quantitative estimate of drug-likeness (QED) is 0.385. The van der Waals surface area contributed by atoms with Crippen LogP contribution in [0.15, 0.2) is 23.5 Å². The molecule has 2 rings (SSSR count). The van der Waals surface area contributed by atoms with E-state index in [9.17, 15) is 18.4 Å². The van der Waals surface area contributed by atoms with Crippen molar-refractivity contribution in [1.29, 1.82) is 0 Å². The van der Waals surface area contributed by atoms with Crippen molar-refractivity contribution in [3.05, 3.63) is 40.1 Å². The van der Waals surface area contributed by atoms with E-state index in [1.165, 1.54) is 17.1 Å². The molecule has 1 saturated carbocycles. The number of nitrogens with zero attached hydrogens (tertiary/aromatic N) is 3. The SMILES string of the molecule is Cc1cc(C2CCC(O/N=[N+](\[O-])N(C)C(C)(C)C)CC2)cc(C(F)(F)F)c1. The van der Waals surface area contributed by atoms with Gasteiger partial charge >= 0.3 is 6.18 Å². The number of hydrogen-bond acceptors (Lipinski definition) is 3. The summed E-state index contributed by atoms with van der Waals surface area (Å²) >= 11 is 0. The Hall–Kier alpha value is -1.99. The molecule has 1 fully saturated rings. The van der Waals surface area contributed by atoms with Crippen LogP contribution in [0.1, 0.15) is 69.1 Å². The van der Waals surface area contributed by atoms with Crippen molar-refractivity contribution in [1.82, 2.24) is 5.01 Å². The van der Waals surface area contributed by atoms with Gasteiger partial charge in [0.05, 0.1) is 23.1 Å². The highest BCUT2D eigenvalue weighted by molar-refractivity contribution is 5.33. The van der Waals surface area contributed by atoms with Crippen LogP contribution >= 0.6 is 0 Å². The minimum absolute atomic E-state index is 0.0615. The Bertz CT molecular complexity index is 676. The van der Waals surface area contributed by atoms with E-state index in [-0.39, 0.29) is 17.6 Å². The molecule has 0 heterocycles. The van der Waals surface area contributed by atoms with Gasteiger partial charge in [0.1, 0.15) is 6.10 Å². The largest absolute Gasteiger partial charge is 0.569 e. The fourth-order valence-electron chi connectivity index (χ4n) is 3.13. The van der Waals surface area contributed by atoms with E-state index < -0.39 is 11.7 Å². The molecule has 0 N–H and O–H groups in total. The second-order valence-corrected chi connectivity index (χ2v) is 8.24. The highest BCUT2D eigenvalue weighted by atomic mass is 19.4. The van der Waals surface area contributed by atoms with Gasteiger partial charge in [-0.15, -0.1) is 5.01 Å². The lowest BCUT2D eigenvalue weighted by Gasteiger charge is -2.28. The van der Waals surface area contributed by atoms with E-state index >= 15 is 0 Å². The normalized spacial score (nSPS) is 21.9. The van der Waals surface area contributed by atoms with E-state index in [2.05, 4.69) is 5.28 Å². The van der Waals surface area contributed by atoms with Crippen LogP contribution in [-0.2, 0) is 11.0 Å². The van der Waals surface area contributed by atoms with Crippen LogP contribution in [0.4, 0.5) is 13.2 Å². The van der Waals surface area contributed by atoms with Gasteiger partial charge < -0.3 is 10.0 Å². The van der Waals surface area contributed by atoms with Gasteiger partial charge in [0.2, 0.25) is 5.28 Å². The Kier molecular flexibility index (Phi) is 6.27. The predicted molar refractivity (Wildman–Crippen MR) is 95.8 cm³/mol. The fraction of sp³-hybridized carbons (Fsp3) is 0.684. The van der Waals surface area contributed by atoms with Gasteiger partial charge in [-0.2, -0.15) is 13.2 Å². The monoisotopic (exact) mass is 387 g/mol. The molecule has 1 aliphatic rings. The van der Waals surface area contributed by atoms with E-state index in [1.807, 2.05) is 26.8 Å². The van der Waals surface area contributed by atoms with Crippen LogP contribution < -0.4 is 0 Å². The molecule has 0 radical (unpaired) electrons. The van der Waals surface area contributed by atoms with Crippen molar-refractivity contribution in [3.63, 3.8) is 0 Å². The summed E-state index contributed by atoms with van der Waals surface area (Å²) in [6, 6.07) is 4.25. The van der Waals surface area contributed by atoms with Crippen molar-refractivity contribution in [2.75, 3.05) is 7.05 Å². The van der Waals surface area contributed by atoms with E-state index in [0.29, 0.717) is 36.2 Å². The molecule has 0 amide bonds. The first-order valence-corrected chi connectivity index (χ1v) is 9.14. The van der Waals surface area contributed by atoms with Crippen molar-refractivity contribution < 1.29 is 23.0 Å². The molecule has 0 bridgehead atoms. The molecule has 0 atom stereocenters. The first-order chi connectivity index (χ1) is 12.4. The molecule has 5 nitrogen and oxygen atoms in total. The molecular weight excluding hydrogens is 359 g/mol. The minimum Gasteiger partial charge on any atom is -0.569 e. The fourth-order valence-corrected chi connectivity index (χ4v) is 3.13. The lowest BCUT2D eigenvalue weighted by atomic mass is 9.82. The predicted octanol–water partition coefficient (Wildman–Crippen LogP) is 5.58. The molecule has 1 aromatic rings. The van der Waals surface area contributed by atoms with Crippen molar-refractivity contribution >= 4 is 0 Å². The number of rotatable bonds is 4. The topological polar surface area (TPSA) is 50.9 Å². The molecule has 0 aliphatic heterocycles. The lowest BCUT2D eigenvalue weighted by Crippen LogP contribution is -2.42. The summed E-state index contributed by atoms with van der Waals surface area (Å²) in [5.41, 5.74) is 0.349. The Morgan fingerprint density at radius 2 is 1.70 bits per heavy atom. The van der Waals surface area contributed by atoms with Crippen molar-refractivity contribution in [3.8, 4) is 0 Å². The highest BCUT2D eigenvalue weighted by Gasteiger charge is 2.32. The summed E-state index contributed by atoms with van der Waals surface area (Å²) in [6.45, 7) is 7.34. The molecule has 1 aromatic carbocycles. The van der Waals surface area contributed by atoms with Crippen molar-refractivity contribution in [2.24, 2.45) is 5.28 Å². The molecule has 27 heavy (non-hydrogen) atoms. The minimum atomic E-state index is -4.34. The third kappa shape index (κ3) is 5.74. The smallest absolute Gasteiger partial charge is 0.416 e. The van der Waals surface area contributed by atoms with Crippen LogP contribution in [0.25, 0.3) is 0 Å². The Morgan fingerprint density at radius 3 is 2.22 bits per heavy atom. The first-order valence-electron chi connectivity index (χ1n) is 9.14. The number of benzene rings is 1. The lowest BCUT2D eigenvalue weighted by molar-refractivity contribution is -0.720. The Balaban J connectivity index is 1.97. The molecule has 0 saturated heterocycles. The zero-order valence-corrected chi connectivity index (χ0v) is 16.5. The Morgan fingerprint density at radius 1 is 1.11 bits per heavy atom. The second kappa shape index (κ2) is 7.94. The zero-order valence-electron chi connectivity index (χ0n) is 16.5. The van der Waals surface area contributed by atoms with Crippen LogP contribution in [0.3, 0.4) is 0 Å². The Labute approximate surface area is 158 Å². The summed E-state index contributed by atoms with van der Waals surface area (Å²) in [7, 11) is 1.63. The number of hydrazine groups is 1. The van der Waals surface area contributed by atoms with Gasteiger partial charge in [0.15, 0.2) is 0 Å². The molecule has 152 valence electrons. The van der Waals surface area contributed by atoms with E-state index in [0.717, 1.165) is 5.56 Å². The number of aryl methyl sites for hydroxylation is 1. The highest BCUT2D eigenvalue weighted by Crippen LogP contribution is 2.38. The summed E-state index contributed by atoms with van der Waals surface area (Å²) in [5, 5.41) is 17.0. The summed E-state index contributed by atoms with van der Waals surface area (Å²) in [5.74, 6) is 0.0615. The third-order valence-electron chi connectivity index (χ3n) is 5.07. The maximum atomic E-state index is 13.0. The van der Waals surface area contributed by atoms with Crippen molar-refractivity contribution in [2.45, 2.75) is 77.1 Å². The average Bonchev–Trinajstić information content (AvgIpc) is 2.57. The number of halogens is 3. The van der Waals surface area contributed by atoms with Gasteiger partial charge in [-0.3, -0.25) is 0 Å². The number of alkyl halides is 3. The molecule has 0 spiro atoms. The summed E-state index contributed by atoms with van der Waals surface area (Å²) < 4.78 is 39.1. The molecule has 0 aromatic heterocycles. The summed E-state index contributed by atoms with van der Waals surface area (Å²) in [4.78, 5) is 5.80. The van der Waals surface area contributed by atoms with Gasteiger partial charge in [0, 0.05) is 0 Å². The second-order valence-electron chi connectivity index (χ2n) is 8.24. The summed E-state index contributed by atoms with van der Waals surface area (Å²) in [6.07, 6.45) is -1.83. The zero-order chi connectivity index (χ0) is 20.4.